The first-order chi connectivity index (χ1) is 12.2. The summed E-state index contributed by atoms with van der Waals surface area (Å²) < 4.78 is 25.2. The quantitative estimate of drug-likeness (QED) is 0.775. The lowest BCUT2D eigenvalue weighted by molar-refractivity contribution is 0.102. The molecule has 0 aliphatic carbocycles. The molecule has 1 aromatic carbocycles. The van der Waals surface area contributed by atoms with Crippen molar-refractivity contribution in [1.82, 2.24) is 9.29 Å². The number of nitrogens with one attached hydrogen (secondary N) is 2. The van der Waals surface area contributed by atoms with Gasteiger partial charge in [-0.25, -0.2) is 17.7 Å². The molecule has 1 unspecified atom stereocenters. The number of rotatable bonds is 7. The highest BCUT2D eigenvalue weighted by atomic mass is 32.2. The van der Waals surface area contributed by atoms with Gasteiger partial charge in [0.2, 0.25) is 10.0 Å². The number of carbonyl (C=O) groups is 1. The highest BCUT2D eigenvalue weighted by Gasteiger charge is 2.17. The van der Waals surface area contributed by atoms with E-state index < -0.39 is 10.0 Å². The van der Waals surface area contributed by atoms with Crippen molar-refractivity contribution in [2.45, 2.75) is 31.2 Å². The van der Waals surface area contributed by atoms with Gasteiger partial charge in [-0.2, -0.15) is 0 Å². The number of hydrogen-bond acceptors (Lipinski definition) is 5. The standard InChI is InChI=1S/C18H24N4O3S/c1-5-13(2)20-15-8-11-17(19-12-15)21-18(23)14-6-9-16(10-7-14)26(24,25)22(3)4/h6-13,20H,5H2,1-4H3,(H,19,21,23). The van der Waals surface area contributed by atoms with Crippen LogP contribution in [0, 0.1) is 0 Å². The molecular weight excluding hydrogens is 352 g/mol. The van der Waals surface area contributed by atoms with Gasteiger partial charge in [0.25, 0.3) is 5.91 Å². The maximum absolute atomic E-state index is 12.3. The van der Waals surface area contributed by atoms with E-state index >= 15 is 0 Å². The van der Waals surface area contributed by atoms with Crippen LogP contribution < -0.4 is 10.6 Å². The van der Waals surface area contributed by atoms with Gasteiger partial charge in [-0.3, -0.25) is 4.79 Å². The zero-order valence-corrected chi connectivity index (χ0v) is 16.2. The van der Waals surface area contributed by atoms with E-state index in [0.29, 0.717) is 17.4 Å². The maximum atomic E-state index is 12.3. The van der Waals surface area contributed by atoms with Crippen LogP contribution in [0.15, 0.2) is 47.5 Å². The van der Waals surface area contributed by atoms with Crippen LogP contribution in [0.1, 0.15) is 30.6 Å². The predicted molar refractivity (Wildman–Crippen MR) is 103 cm³/mol. The minimum absolute atomic E-state index is 0.137. The number of benzene rings is 1. The molecule has 2 N–H and O–H groups in total. The summed E-state index contributed by atoms with van der Waals surface area (Å²) in [6, 6.07) is 9.69. The van der Waals surface area contributed by atoms with Gasteiger partial charge in [0.05, 0.1) is 16.8 Å². The molecule has 1 amide bonds. The van der Waals surface area contributed by atoms with E-state index in [4.69, 9.17) is 0 Å². The summed E-state index contributed by atoms with van der Waals surface area (Å²) >= 11 is 0. The number of nitrogens with zero attached hydrogens (tertiary/aromatic N) is 2. The molecule has 1 heterocycles. The lowest BCUT2D eigenvalue weighted by Crippen LogP contribution is -2.22. The van der Waals surface area contributed by atoms with Crippen molar-refractivity contribution >= 4 is 27.4 Å². The summed E-state index contributed by atoms with van der Waals surface area (Å²) in [4.78, 5) is 16.6. The van der Waals surface area contributed by atoms with Crippen LogP contribution in [-0.2, 0) is 10.0 Å². The molecule has 0 radical (unpaired) electrons. The summed E-state index contributed by atoms with van der Waals surface area (Å²) in [6.45, 7) is 4.17. The topological polar surface area (TPSA) is 91.4 Å². The Hall–Kier alpha value is -2.45. The van der Waals surface area contributed by atoms with E-state index in [1.807, 2.05) is 6.07 Å². The third-order valence-corrected chi connectivity index (χ3v) is 5.75. The zero-order chi connectivity index (χ0) is 19.3. The van der Waals surface area contributed by atoms with Gasteiger partial charge in [0.1, 0.15) is 5.82 Å². The zero-order valence-electron chi connectivity index (χ0n) is 15.4. The van der Waals surface area contributed by atoms with Gasteiger partial charge in [0.15, 0.2) is 0 Å². The van der Waals surface area contributed by atoms with Crippen molar-refractivity contribution in [3.05, 3.63) is 48.2 Å². The van der Waals surface area contributed by atoms with Gasteiger partial charge < -0.3 is 10.6 Å². The molecule has 0 saturated heterocycles. The van der Waals surface area contributed by atoms with E-state index in [-0.39, 0.29) is 10.8 Å². The maximum Gasteiger partial charge on any atom is 0.256 e. The fourth-order valence-electron chi connectivity index (χ4n) is 2.12. The van der Waals surface area contributed by atoms with Gasteiger partial charge in [-0.05, 0) is 49.7 Å². The summed E-state index contributed by atoms with van der Waals surface area (Å²) in [5.41, 5.74) is 1.24. The molecule has 7 nitrogen and oxygen atoms in total. The van der Waals surface area contributed by atoms with E-state index in [2.05, 4.69) is 29.5 Å². The Labute approximate surface area is 154 Å². The summed E-state index contributed by atoms with van der Waals surface area (Å²) in [7, 11) is -0.594. The number of hydrogen-bond donors (Lipinski definition) is 2. The van der Waals surface area contributed by atoms with Crippen LogP contribution in [0.4, 0.5) is 11.5 Å². The first kappa shape index (κ1) is 19.9. The van der Waals surface area contributed by atoms with Crippen LogP contribution in [0.2, 0.25) is 0 Å². The number of sulfonamides is 1. The summed E-state index contributed by atoms with van der Waals surface area (Å²) in [5, 5.41) is 5.99. The van der Waals surface area contributed by atoms with Gasteiger partial charge >= 0.3 is 0 Å². The first-order valence-electron chi connectivity index (χ1n) is 8.30. The van der Waals surface area contributed by atoms with E-state index in [1.54, 1.807) is 12.3 Å². The van der Waals surface area contributed by atoms with E-state index in [0.717, 1.165) is 16.4 Å². The Kier molecular flexibility index (Phi) is 6.33. The highest BCUT2D eigenvalue weighted by molar-refractivity contribution is 7.89. The smallest absolute Gasteiger partial charge is 0.256 e. The molecule has 0 bridgehead atoms. The fourth-order valence-corrected chi connectivity index (χ4v) is 3.02. The fraction of sp³-hybridized carbons (Fsp3) is 0.333. The average Bonchev–Trinajstić information content (AvgIpc) is 2.63. The molecule has 0 fully saturated rings. The second kappa shape index (κ2) is 8.29. The minimum Gasteiger partial charge on any atom is -0.381 e. The molecule has 2 rings (SSSR count). The molecule has 140 valence electrons. The largest absolute Gasteiger partial charge is 0.381 e. The molecule has 1 aromatic heterocycles. The van der Waals surface area contributed by atoms with Crippen LogP contribution in [-0.4, -0.2) is 43.8 Å². The van der Waals surface area contributed by atoms with E-state index in [9.17, 15) is 13.2 Å². The summed E-state index contributed by atoms with van der Waals surface area (Å²) in [6.07, 6.45) is 2.66. The molecule has 2 aromatic rings. The lowest BCUT2D eigenvalue weighted by Gasteiger charge is -2.13. The van der Waals surface area contributed by atoms with Gasteiger partial charge in [-0.15, -0.1) is 0 Å². The van der Waals surface area contributed by atoms with Gasteiger partial charge in [-0.1, -0.05) is 6.92 Å². The summed E-state index contributed by atoms with van der Waals surface area (Å²) in [5.74, 6) is 0.0728. The lowest BCUT2D eigenvalue weighted by atomic mass is 10.2. The number of amides is 1. The van der Waals surface area contributed by atoms with Crippen molar-refractivity contribution in [2.24, 2.45) is 0 Å². The molecule has 8 heteroatoms. The Bertz CT molecular complexity index is 847. The van der Waals surface area contributed by atoms with Crippen LogP contribution >= 0.6 is 0 Å². The minimum atomic E-state index is -3.51. The van der Waals surface area contributed by atoms with Crippen molar-refractivity contribution < 1.29 is 13.2 Å². The highest BCUT2D eigenvalue weighted by Crippen LogP contribution is 2.16. The first-order valence-corrected chi connectivity index (χ1v) is 9.74. The second-order valence-corrected chi connectivity index (χ2v) is 8.30. The molecule has 26 heavy (non-hydrogen) atoms. The number of aromatic nitrogens is 1. The Balaban J connectivity index is 2.06. The third kappa shape index (κ3) is 4.80. The number of anilines is 2. The van der Waals surface area contributed by atoms with Crippen molar-refractivity contribution in [3.8, 4) is 0 Å². The van der Waals surface area contributed by atoms with Crippen LogP contribution in [0.25, 0.3) is 0 Å². The average molecular weight is 376 g/mol. The Morgan fingerprint density at radius 2 is 1.81 bits per heavy atom. The second-order valence-electron chi connectivity index (χ2n) is 6.15. The van der Waals surface area contributed by atoms with E-state index in [1.165, 1.54) is 38.4 Å². The molecule has 1 atom stereocenters. The molecule has 0 aliphatic rings. The normalized spacial score (nSPS) is 12.7. The third-order valence-electron chi connectivity index (χ3n) is 3.93. The van der Waals surface area contributed by atoms with Gasteiger partial charge in [0, 0.05) is 25.7 Å². The molecular formula is C18H24N4O3S. The Morgan fingerprint density at radius 3 is 2.31 bits per heavy atom. The Morgan fingerprint density at radius 1 is 1.15 bits per heavy atom. The number of carbonyl (C=O) groups excluding carboxylic acids is 1. The monoisotopic (exact) mass is 376 g/mol. The molecule has 0 aliphatic heterocycles. The van der Waals surface area contributed by atoms with Crippen molar-refractivity contribution in [2.75, 3.05) is 24.7 Å². The molecule has 0 spiro atoms. The number of pyridine rings is 1. The van der Waals surface area contributed by atoms with Crippen LogP contribution in [0.3, 0.4) is 0 Å². The van der Waals surface area contributed by atoms with Crippen molar-refractivity contribution in [1.29, 1.82) is 0 Å². The predicted octanol–water partition coefficient (Wildman–Crippen LogP) is 2.79. The van der Waals surface area contributed by atoms with Crippen LogP contribution in [0.5, 0.6) is 0 Å². The van der Waals surface area contributed by atoms with Crippen molar-refractivity contribution in [3.63, 3.8) is 0 Å². The molecule has 0 saturated carbocycles. The SMILES string of the molecule is CCC(C)Nc1ccc(NC(=O)c2ccc(S(=O)(=O)N(C)C)cc2)nc1.